The molecule has 1 aliphatic heterocycles. The third kappa shape index (κ3) is 4.09. The highest BCUT2D eigenvalue weighted by Crippen LogP contribution is 2.24. The van der Waals surface area contributed by atoms with Crippen LogP contribution in [0.2, 0.25) is 10.0 Å². The van der Waals surface area contributed by atoms with E-state index in [2.05, 4.69) is 17.6 Å². The molecule has 4 nitrogen and oxygen atoms in total. The predicted molar refractivity (Wildman–Crippen MR) is 81.5 cm³/mol. The van der Waals surface area contributed by atoms with Gasteiger partial charge in [-0.3, -0.25) is 4.79 Å². The predicted octanol–water partition coefficient (Wildman–Crippen LogP) is 2.95. The van der Waals surface area contributed by atoms with Crippen molar-refractivity contribution in [2.75, 3.05) is 25.1 Å². The van der Waals surface area contributed by atoms with Crippen LogP contribution in [0.1, 0.15) is 13.3 Å². The van der Waals surface area contributed by atoms with E-state index in [1.54, 1.807) is 18.2 Å². The topological polar surface area (TPSA) is 50.4 Å². The number of anilines is 1. The van der Waals surface area contributed by atoms with Gasteiger partial charge in [0.05, 0.1) is 19.1 Å². The molecule has 1 aromatic carbocycles. The van der Waals surface area contributed by atoms with E-state index in [-0.39, 0.29) is 17.9 Å². The fourth-order valence-corrected chi connectivity index (χ4v) is 2.73. The van der Waals surface area contributed by atoms with E-state index >= 15 is 0 Å². The standard InChI is InChI=1S/C14H18Cl2N2O2/c1-2-3-17-13-8-20-7-12(13)14(19)18-11-5-9(15)4-10(16)6-11/h4-6,12-13,17H,2-3,7-8H2,1H3,(H,18,19). The molecule has 6 heteroatoms. The number of carbonyl (C=O) groups excluding carboxylic acids is 1. The van der Waals surface area contributed by atoms with Crippen molar-refractivity contribution in [3.05, 3.63) is 28.2 Å². The van der Waals surface area contributed by atoms with Crippen LogP contribution in [0.3, 0.4) is 0 Å². The van der Waals surface area contributed by atoms with Gasteiger partial charge in [0, 0.05) is 21.8 Å². The lowest BCUT2D eigenvalue weighted by Crippen LogP contribution is -2.41. The fraction of sp³-hybridized carbons (Fsp3) is 0.500. The average Bonchev–Trinajstić information content (AvgIpc) is 2.83. The van der Waals surface area contributed by atoms with Gasteiger partial charge in [0.1, 0.15) is 0 Å². The SMILES string of the molecule is CCCNC1COCC1C(=O)Nc1cc(Cl)cc(Cl)c1. The Balaban J connectivity index is 1.99. The molecular weight excluding hydrogens is 299 g/mol. The molecule has 20 heavy (non-hydrogen) atoms. The first-order valence-corrected chi connectivity index (χ1v) is 7.44. The Labute approximate surface area is 128 Å². The van der Waals surface area contributed by atoms with Crippen molar-refractivity contribution in [2.45, 2.75) is 19.4 Å². The molecule has 2 N–H and O–H groups in total. The molecule has 110 valence electrons. The smallest absolute Gasteiger partial charge is 0.231 e. The van der Waals surface area contributed by atoms with Gasteiger partial charge in [0.15, 0.2) is 0 Å². The zero-order chi connectivity index (χ0) is 14.5. The molecule has 0 aliphatic carbocycles. The largest absolute Gasteiger partial charge is 0.379 e. The van der Waals surface area contributed by atoms with E-state index in [0.29, 0.717) is 28.9 Å². The fourth-order valence-electron chi connectivity index (χ4n) is 2.20. The molecule has 1 amide bonds. The van der Waals surface area contributed by atoms with E-state index in [9.17, 15) is 4.79 Å². The highest BCUT2D eigenvalue weighted by Gasteiger charge is 2.33. The maximum atomic E-state index is 12.3. The van der Waals surface area contributed by atoms with Gasteiger partial charge in [-0.05, 0) is 31.2 Å². The van der Waals surface area contributed by atoms with Gasteiger partial charge >= 0.3 is 0 Å². The normalized spacial score (nSPS) is 21.9. The van der Waals surface area contributed by atoms with Crippen molar-refractivity contribution in [2.24, 2.45) is 5.92 Å². The summed E-state index contributed by atoms with van der Waals surface area (Å²) in [6.07, 6.45) is 1.02. The quantitative estimate of drug-likeness (QED) is 0.878. The lowest BCUT2D eigenvalue weighted by Gasteiger charge is -2.18. The number of rotatable bonds is 5. The maximum absolute atomic E-state index is 12.3. The summed E-state index contributed by atoms with van der Waals surface area (Å²) >= 11 is 11.8. The summed E-state index contributed by atoms with van der Waals surface area (Å²) in [5.74, 6) is -0.270. The molecule has 1 fully saturated rings. The first-order chi connectivity index (χ1) is 9.60. The minimum atomic E-state index is -0.195. The summed E-state index contributed by atoms with van der Waals surface area (Å²) < 4.78 is 5.40. The van der Waals surface area contributed by atoms with Crippen LogP contribution in [-0.2, 0) is 9.53 Å². The number of halogens is 2. The molecule has 0 saturated carbocycles. The number of amides is 1. The molecule has 1 aliphatic rings. The Morgan fingerprint density at radius 1 is 1.30 bits per heavy atom. The second-order valence-corrected chi connectivity index (χ2v) is 5.72. The van der Waals surface area contributed by atoms with Crippen LogP contribution < -0.4 is 10.6 Å². The molecule has 1 aromatic rings. The van der Waals surface area contributed by atoms with Crippen molar-refractivity contribution in [1.82, 2.24) is 5.32 Å². The number of hydrogen-bond donors (Lipinski definition) is 2. The van der Waals surface area contributed by atoms with Gasteiger partial charge in [0.2, 0.25) is 5.91 Å². The summed E-state index contributed by atoms with van der Waals surface area (Å²) in [4.78, 5) is 12.3. The van der Waals surface area contributed by atoms with Crippen molar-refractivity contribution in [3.63, 3.8) is 0 Å². The Hall–Kier alpha value is -0.810. The number of benzene rings is 1. The van der Waals surface area contributed by atoms with Gasteiger partial charge in [-0.2, -0.15) is 0 Å². The highest BCUT2D eigenvalue weighted by atomic mass is 35.5. The van der Waals surface area contributed by atoms with E-state index < -0.39 is 0 Å². The zero-order valence-electron chi connectivity index (χ0n) is 11.3. The molecule has 0 aromatic heterocycles. The monoisotopic (exact) mass is 316 g/mol. The summed E-state index contributed by atoms with van der Waals surface area (Å²) in [6.45, 7) is 3.96. The van der Waals surface area contributed by atoms with Gasteiger partial charge in [-0.15, -0.1) is 0 Å². The van der Waals surface area contributed by atoms with E-state index in [0.717, 1.165) is 13.0 Å². The van der Waals surface area contributed by atoms with Crippen LogP contribution in [0, 0.1) is 5.92 Å². The highest BCUT2D eigenvalue weighted by molar-refractivity contribution is 6.35. The number of ether oxygens (including phenoxy) is 1. The van der Waals surface area contributed by atoms with Gasteiger partial charge in [-0.1, -0.05) is 30.1 Å². The van der Waals surface area contributed by atoms with Crippen molar-refractivity contribution < 1.29 is 9.53 Å². The van der Waals surface area contributed by atoms with Gasteiger partial charge < -0.3 is 15.4 Å². The Morgan fingerprint density at radius 3 is 2.65 bits per heavy atom. The Morgan fingerprint density at radius 2 is 2.00 bits per heavy atom. The second-order valence-electron chi connectivity index (χ2n) is 4.85. The molecule has 1 heterocycles. The summed E-state index contributed by atoms with van der Waals surface area (Å²) in [5, 5.41) is 7.17. The number of nitrogens with one attached hydrogen (secondary N) is 2. The van der Waals surface area contributed by atoms with Crippen LogP contribution in [0.4, 0.5) is 5.69 Å². The Kier molecular flexibility index (Phi) is 5.66. The lowest BCUT2D eigenvalue weighted by atomic mass is 10.0. The summed E-state index contributed by atoms with van der Waals surface area (Å²) in [7, 11) is 0. The lowest BCUT2D eigenvalue weighted by molar-refractivity contribution is -0.120. The first kappa shape index (κ1) is 15.6. The third-order valence-electron chi connectivity index (χ3n) is 3.20. The summed E-state index contributed by atoms with van der Waals surface area (Å²) in [5.41, 5.74) is 0.605. The zero-order valence-corrected chi connectivity index (χ0v) is 12.8. The van der Waals surface area contributed by atoms with E-state index in [1.807, 2.05) is 0 Å². The Bertz CT molecular complexity index is 462. The van der Waals surface area contributed by atoms with Gasteiger partial charge in [0.25, 0.3) is 0 Å². The van der Waals surface area contributed by atoms with E-state index in [4.69, 9.17) is 27.9 Å². The molecule has 2 atom stereocenters. The van der Waals surface area contributed by atoms with Crippen LogP contribution in [-0.4, -0.2) is 31.7 Å². The number of carbonyl (C=O) groups is 1. The molecule has 0 spiro atoms. The molecular formula is C14H18Cl2N2O2. The van der Waals surface area contributed by atoms with Crippen LogP contribution >= 0.6 is 23.2 Å². The third-order valence-corrected chi connectivity index (χ3v) is 3.64. The average molecular weight is 317 g/mol. The van der Waals surface area contributed by atoms with Crippen molar-refractivity contribution >= 4 is 34.8 Å². The molecule has 0 radical (unpaired) electrons. The van der Waals surface area contributed by atoms with E-state index in [1.165, 1.54) is 0 Å². The molecule has 2 rings (SSSR count). The van der Waals surface area contributed by atoms with Gasteiger partial charge in [-0.25, -0.2) is 0 Å². The summed E-state index contributed by atoms with van der Waals surface area (Å²) in [6, 6.07) is 5.04. The van der Waals surface area contributed by atoms with Crippen LogP contribution in [0.25, 0.3) is 0 Å². The van der Waals surface area contributed by atoms with Crippen LogP contribution in [0.15, 0.2) is 18.2 Å². The number of hydrogen-bond acceptors (Lipinski definition) is 3. The van der Waals surface area contributed by atoms with Crippen LogP contribution in [0.5, 0.6) is 0 Å². The maximum Gasteiger partial charge on any atom is 0.231 e. The first-order valence-electron chi connectivity index (χ1n) is 6.68. The molecule has 0 bridgehead atoms. The minimum absolute atomic E-state index is 0.0598. The second kappa shape index (κ2) is 7.27. The van der Waals surface area contributed by atoms with Crippen molar-refractivity contribution in [3.8, 4) is 0 Å². The minimum Gasteiger partial charge on any atom is -0.379 e. The van der Waals surface area contributed by atoms with Crippen molar-refractivity contribution in [1.29, 1.82) is 0 Å². The molecule has 2 unspecified atom stereocenters. The molecule has 1 saturated heterocycles.